The molecule has 0 bridgehead atoms. The highest BCUT2D eigenvalue weighted by atomic mass is 16.5. The fourth-order valence-corrected chi connectivity index (χ4v) is 3.51. The average molecular weight is 405 g/mol. The number of benzene rings is 1. The van der Waals surface area contributed by atoms with Crippen LogP contribution in [0.4, 0.5) is 0 Å². The van der Waals surface area contributed by atoms with Gasteiger partial charge in [-0.2, -0.15) is 0 Å². The van der Waals surface area contributed by atoms with Gasteiger partial charge in [-0.3, -0.25) is 14.9 Å². The number of amides is 1. The third kappa shape index (κ3) is 6.85. The number of ether oxygens (including phenoxy) is 1. The largest absolute Gasteiger partial charge is 0.480 e. The first kappa shape index (κ1) is 22.9. The van der Waals surface area contributed by atoms with E-state index in [1.54, 1.807) is 6.92 Å². The highest BCUT2D eigenvalue weighted by Crippen LogP contribution is 2.19. The Kier molecular flexibility index (Phi) is 8.64. The summed E-state index contributed by atoms with van der Waals surface area (Å²) in [7, 11) is 0. The summed E-state index contributed by atoms with van der Waals surface area (Å²) in [4.78, 5) is 38.2. The molecule has 0 aromatic heterocycles. The lowest BCUT2D eigenvalue weighted by Crippen LogP contribution is -2.53. The van der Waals surface area contributed by atoms with Crippen LogP contribution in [0.15, 0.2) is 30.3 Å². The van der Waals surface area contributed by atoms with Crippen molar-refractivity contribution in [2.75, 3.05) is 6.54 Å². The van der Waals surface area contributed by atoms with Gasteiger partial charge in [0.15, 0.2) is 0 Å². The van der Waals surface area contributed by atoms with Crippen LogP contribution in [-0.2, 0) is 25.7 Å². The zero-order valence-corrected chi connectivity index (χ0v) is 17.5. The van der Waals surface area contributed by atoms with E-state index in [2.05, 4.69) is 19.2 Å². The number of nitrogens with zero attached hydrogens (tertiary/aromatic N) is 1. The molecule has 0 saturated carbocycles. The van der Waals surface area contributed by atoms with E-state index < -0.39 is 30.1 Å². The van der Waals surface area contributed by atoms with E-state index in [1.165, 1.54) is 4.90 Å². The number of rotatable bonds is 10. The zero-order chi connectivity index (χ0) is 21.4. The van der Waals surface area contributed by atoms with Crippen LogP contribution in [0.1, 0.15) is 52.0 Å². The van der Waals surface area contributed by atoms with Gasteiger partial charge in [-0.05, 0) is 44.1 Å². The molecule has 1 aromatic carbocycles. The minimum atomic E-state index is -0.985. The molecule has 1 aliphatic rings. The van der Waals surface area contributed by atoms with Gasteiger partial charge < -0.3 is 14.7 Å². The summed E-state index contributed by atoms with van der Waals surface area (Å²) >= 11 is 0. The Hall–Kier alpha value is -2.41. The number of aliphatic carboxylic acids is 1. The van der Waals surface area contributed by atoms with Crippen LogP contribution in [-0.4, -0.2) is 52.5 Å². The van der Waals surface area contributed by atoms with Crippen LogP contribution in [0.25, 0.3) is 0 Å². The molecule has 0 spiro atoms. The molecule has 3 atom stereocenters. The van der Waals surface area contributed by atoms with Gasteiger partial charge in [-0.15, -0.1) is 0 Å². The number of hydrogen-bond acceptors (Lipinski definition) is 5. The first-order valence-electron chi connectivity index (χ1n) is 10.3. The molecule has 2 rings (SSSR count). The fraction of sp³-hybridized carbons (Fsp3) is 0.591. The normalized spacial score (nSPS) is 18.5. The van der Waals surface area contributed by atoms with E-state index in [9.17, 15) is 19.5 Å². The first-order chi connectivity index (χ1) is 13.8. The van der Waals surface area contributed by atoms with Crippen LogP contribution >= 0.6 is 0 Å². The van der Waals surface area contributed by atoms with E-state index >= 15 is 0 Å². The van der Waals surface area contributed by atoms with Crippen molar-refractivity contribution < 1.29 is 24.2 Å². The number of likely N-dealkylation sites (tertiary alicyclic amines) is 1. The molecular formula is C22H32N2O5. The summed E-state index contributed by atoms with van der Waals surface area (Å²) < 4.78 is 5.47. The predicted octanol–water partition coefficient (Wildman–Crippen LogP) is 2.59. The van der Waals surface area contributed by atoms with Crippen molar-refractivity contribution in [3.63, 3.8) is 0 Å². The first-order valence-corrected chi connectivity index (χ1v) is 10.3. The lowest BCUT2D eigenvalue weighted by Gasteiger charge is -2.28. The molecule has 1 saturated heterocycles. The van der Waals surface area contributed by atoms with E-state index in [4.69, 9.17) is 4.74 Å². The van der Waals surface area contributed by atoms with Crippen molar-refractivity contribution >= 4 is 17.8 Å². The summed E-state index contributed by atoms with van der Waals surface area (Å²) in [5.41, 5.74) is 0.897. The molecule has 1 aliphatic heterocycles. The molecule has 1 heterocycles. The fourth-order valence-electron chi connectivity index (χ4n) is 3.51. The Morgan fingerprint density at radius 2 is 1.86 bits per heavy atom. The van der Waals surface area contributed by atoms with Gasteiger partial charge in [-0.1, -0.05) is 44.2 Å². The molecule has 0 aliphatic carbocycles. The predicted molar refractivity (Wildman–Crippen MR) is 109 cm³/mol. The lowest BCUT2D eigenvalue weighted by atomic mass is 10.0. The number of carbonyl (C=O) groups is 3. The van der Waals surface area contributed by atoms with Crippen molar-refractivity contribution in [2.24, 2.45) is 5.92 Å². The maximum Gasteiger partial charge on any atom is 0.326 e. The Morgan fingerprint density at radius 3 is 2.48 bits per heavy atom. The number of nitrogens with one attached hydrogen (secondary N) is 1. The second-order valence-corrected chi connectivity index (χ2v) is 8.03. The third-order valence-electron chi connectivity index (χ3n) is 5.18. The van der Waals surface area contributed by atoms with E-state index in [-0.39, 0.29) is 12.5 Å². The zero-order valence-electron chi connectivity index (χ0n) is 17.5. The third-order valence-corrected chi connectivity index (χ3v) is 5.18. The van der Waals surface area contributed by atoms with Crippen molar-refractivity contribution in [1.82, 2.24) is 10.2 Å². The van der Waals surface area contributed by atoms with Crippen molar-refractivity contribution in [3.8, 4) is 0 Å². The number of hydrogen-bond donors (Lipinski definition) is 2. The average Bonchev–Trinajstić information content (AvgIpc) is 3.19. The number of carbonyl (C=O) groups excluding carboxylic acids is 2. The van der Waals surface area contributed by atoms with Crippen molar-refractivity contribution in [1.29, 1.82) is 0 Å². The van der Waals surface area contributed by atoms with Gasteiger partial charge in [0, 0.05) is 6.54 Å². The molecule has 0 radical (unpaired) electrons. The Balaban J connectivity index is 1.99. The van der Waals surface area contributed by atoms with Gasteiger partial charge in [0.1, 0.15) is 18.7 Å². The summed E-state index contributed by atoms with van der Waals surface area (Å²) in [5.74, 6) is -1.27. The molecule has 1 aromatic rings. The van der Waals surface area contributed by atoms with E-state index in [0.717, 1.165) is 12.0 Å². The molecule has 7 heteroatoms. The standard InChI is InChI=1S/C22H32N2O5/c1-15(2)11-12-18(22(28)29-14-17-8-5-4-6-9-17)23-16(3)20(25)24-13-7-10-19(24)21(26)27/h4-6,8-9,15-16,18-19,23H,7,10-14H2,1-3H3,(H,26,27)/t16-,18?,19-/m0/s1. The number of carboxylic acid groups (broad SMARTS) is 1. The smallest absolute Gasteiger partial charge is 0.326 e. The van der Waals surface area contributed by atoms with Crippen LogP contribution in [0.2, 0.25) is 0 Å². The topological polar surface area (TPSA) is 95.9 Å². The second kappa shape index (κ2) is 11.0. The highest BCUT2D eigenvalue weighted by molar-refractivity contribution is 5.88. The lowest BCUT2D eigenvalue weighted by molar-refractivity contribution is -0.151. The van der Waals surface area contributed by atoms with Gasteiger partial charge in [0.2, 0.25) is 5.91 Å². The molecule has 1 amide bonds. The van der Waals surface area contributed by atoms with Gasteiger partial charge in [0.25, 0.3) is 0 Å². The Bertz CT molecular complexity index is 692. The van der Waals surface area contributed by atoms with Crippen LogP contribution in [0, 0.1) is 5.92 Å². The van der Waals surface area contributed by atoms with Crippen LogP contribution < -0.4 is 5.32 Å². The van der Waals surface area contributed by atoms with E-state index in [0.29, 0.717) is 31.7 Å². The highest BCUT2D eigenvalue weighted by Gasteiger charge is 2.37. The minimum Gasteiger partial charge on any atom is -0.480 e. The Morgan fingerprint density at radius 1 is 1.17 bits per heavy atom. The quantitative estimate of drug-likeness (QED) is 0.582. The van der Waals surface area contributed by atoms with Crippen molar-refractivity contribution in [3.05, 3.63) is 35.9 Å². The molecular weight excluding hydrogens is 372 g/mol. The summed E-state index contributed by atoms with van der Waals surface area (Å²) in [6.45, 7) is 6.42. The molecule has 7 nitrogen and oxygen atoms in total. The minimum absolute atomic E-state index is 0.176. The maximum atomic E-state index is 12.8. The SMILES string of the molecule is CC(C)CCC(N[C@@H](C)C(=O)N1CCC[C@H]1C(=O)O)C(=O)OCc1ccccc1. The summed E-state index contributed by atoms with van der Waals surface area (Å²) in [5, 5.41) is 12.4. The Labute approximate surface area is 172 Å². The monoisotopic (exact) mass is 404 g/mol. The molecule has 29 heavy (non-hydrogen) atoms. The summed E-state index contributed by atoms with van der Waals surface area (Å²) in [6, 6.07) is 7.35. The summed E-state index contributed by atoms with van der Waals surface area (Å²) in [6.07, 6.45) is 2.49. The molecule has 1 fully saturated rings. The van der Waals surface area contributed by atoms with Crippen LogP contribution in [0.3, 0.4) is 0 Å². The number of esters is 1. The van der Waals surface area contributed by atoms with Gasteiger partial charge in [0.05, 0.1) is 6.04 Å². The van der Waals surface area contributed by atoms with Gasteiger partial charge >= 0.3 is 11.9 Å². The van der Waals surface area contributed by atoms with Crippen molar-refractivity contribution in [2.45, 2.75) is 71.2 Å². The molecule has 2 N–H and O–H groups in total. The number of carboxylic acids is 1. The maximum absolute atomic E-state index is 12.8. The second-order valence-electron chi connectivity index (χ2n) is 8.03. The van der Waals surface area contributed by atoms with Crippen LogP contribution in [0.5, 0.6) is 0 Å². The van der Waals surface area contributed by atoms with Gasteiger partial charge in [-0.25, -0.2) is 4.79 Å². The molecule has 160 valence electrons. The van der Waals surface area contributed by atoms with E-state index in [1.807, 2.05) is 30.3 Å². The molecule has 1 unspecified atom stereocenters.